The number of pyridine rings is 1. The first-order valence-electron chi connectivity index (χ1n) is 8.94. The van der Waals surface area contributed by atoms with Crippen LogP contribution in [0.5, 0.6) is 0 Å². The van der Waals surface area contributed by atoms with Gasteiger partial charge in [0.1, 0.15) is 0 Å². The zero-order valence-corrected chi connectivity index (χ0v) is 16.1. The number of anilines is 2. The quantitative estimate of drug-likeness (QED) is 0.385. The maximum atomic E-state index is 4.70. The average Bonchev–Trinajstić information content (AvgIpc) is 3.17. The Hall–Kier alpha value is -3.37. The van der Waals surface area contributed by atoms with Crippen LogP contribution in [0.3, 0.4) is 0 Å². The van der Waals surface area contributed by atoms with Gasteiger partial charge in [0.25, 0.3) is 0 Å². The molecule has 0 bridgehead atoms. The smallest absolute Gasteiger partial charge is 0.0932 e. The Morgan fingerprint density at radius 2 is 1.57 bits per heavy atom. The molecular formula is C23H19ClN4. The molecule has 0 fully saturated rings. The van der Waals surface area contributed by atoms with E-state index in [1.54, 1.807) is 6.33 Å². The van der Waals surface area contributed by atoms with Gasteiger partial charge in [0.05, 0.1) is 28.6 Å². The minimum atomic E-state index is 0. The van der Waals surface area contributed by atoms with E-state index in [2.05, 4.69) is 69.9 Å². The van der Waals surface area contributed by atoms with Crippen molar-refractivity contribution < 1.29 is 0 Å². The summed E-state index contributed by atoms with van der Waals surface area (Å²) in [5.74, 6) is 0. The number of nitrogens with one attached hydrogen (secondary N) is 2. The Kier molecular flexibility index (Phi) is 4.72. The SMILES string of the molecule is Cc1cc(Nc2ccccc2-c2ccccc2)c2c(ccc3nc[nH]c32)n1.Cl. The summed E-state index contributed by atoms with van der Waals surface area (Å²) in [5, 5.41) is 4.70. The van der Waals surface area contributed by atoms with Crippen LogP contribution in [0.1, 0.15) is 5.69 Å². The number of fused-ring (bicyclic) bond motifs is 3. The lowest BCUT2D eigenvalue weighted by Crippen LogP contribution is -1.97. The van der Waals surface area contributed by atoms with Crippen LogP contribution in [0.15, 0.2) is 79.1 Å². The van der Waals surface area contributed by atoms with Gasteiger partial charge in [-0.2, -0.15) is 0 Å². The minimum absolute atomic E-state index is 0. The molecule has 5 rings (SSSR count). The first-order valence-corrected chi connectivity index (χ1v) is 8.94. The third-order valence-corrected chi connectivity index (χ3v) is 4.77. The van der Waals surface area contributed by atoms with Crippen molar-refractivity contribution in [1.29, 1.82) is 0 Å². The maximum Gasteiger partial charge on any atom is 0.0932 e. The number of hydrogen-bond acceptors (Lipinski definition) is 3. The number of halogens is 1. The summed E-state index contributed by atoms with van der Waals surface area (Å²) in [6, 6.07) is 24.9. The molecule has 138 valence electrons. The predicted molar refractivity (Wildman–Crippen MR) is 119 cm³/mol. The topological polar surface area (TPSA) is 53.6 Å². The van der Waals surface area contributed by atoms with Gasteiger partial charge in [-0.25, -0.2) is 4.98 Å². The Balaban J connectivity index is 0.00000192. The van der Waals surface area contributed by atoms with Crippen LogP contribution in [0.2, 0.25) is 0 Å². The third kappa shape index (κ3) is 3.08. The molecule has 2 aromatic heterocycles. The molecule has 0 saturated carbocycles. The zero-order valence-electron chi connectivity index (χ0n) is 15.3. The molecule has 5 heteroatoms. The second-order valence-electron chi connectivity index (χ2n) is 6.60. The van der Waals surface area contributed by atoms with Gasteiger partial charge in [-0.15, -0.1) is 12.4 Å². The fourth-order valence-corrected chi connectivity index (χ4v) is 3.58. The van der Waals surface area contributed by atoms with Gasteiger partial charge in [0.2, 0.25) is 0 Å². The molecular weight excluding hydrogens is 368 g/mol. The highest BCUT2D eigenvalue weighted by Gasteiger charge is 2.12. The van der Waals surface area contributed by atoms with Crippen LogP contribution < -0.4 is 5.32 Å². The van der Waals surface area contributed by atoms with Crippen molar-refractivity contribution >= 4 is 45.7 Å². The predicted octanol–water partition coefficient (Wildman–Crippen LogP) is 6.25. The van der Waals surface area contributed by atoms with Crippen LogP contribution in [0.25, 0.3) is 33.1 Å². The van der Waals surface area contributed by atoms with E-state index < -0.39 is 0 Å². The second kappa shape index (κ2) is 7.33. The van der Waals surface area contributed by atoms with Gasteiger partial charge in [-0.1, -0.05) is 48.5 Å². The Bertz CT molecular complexity index is 1260. The summed E-state index contributed by atoms with van der Waals surface area (Å²) in [6.07, 6.45) is 1.73. The van der Waals surface area contributed by atoms with Crippen molar-refractivity contribution in [1.82, 2.24) is 15.0 Å². The number of H-pyrrole nitrogens is 1. The molecule has 0 saturated heterocycles. The molecule has 2 N–H and O–H groups in total. The van der Waals surface area contributed by atoms with Crippen LogP contribution in [-0.4, -0.2) is 15.0 Å². The van der Waals surface area contributed by atoms with Crippen LogP contribution in [0.4, 0.5) is 11.4 Å². The molecule has 0 radical (unpaired) electrons. The average molecular weight is 387 g/mol. The molecule has 3 aromatic carbocycles. The summed E-state index contributed by atoms with van der Waals surface area (Å²) in [5.41, 5.74) is 8.29. The van der Waals surface area contributed by atoms with Gasteiger partial charge >= 0.3 is 0 Å². The van der Waals surface area contributed by atoms with Crippen LogP contribution >= 0.6 is 12.4 Å². The Labute approximate surface area is 169 Å². The Morgan fingerprint density at radius 1 is 0.821 bits per heavy atom. The fourth-order valence-electron chi connectivity index (χ4n) is 3.58. The molecule has 4 nitrogen and oxygen atoms in total. The molecule has 0 spiro atoms. The standard InChI is InChI=1S/C23H18N4.ClH/c1-15-13-21(22-19(26-15)11-12-20-23(22)25-14-24-20)27-18-10-6-5-9-17(18)16-7-3-2-4-8-16;/h2-14H,1H3,(H,24,25)(H,26,27);1H. The van der Waals surface area contributed by atoms with Crippen molar-refractivity contribution in [2.75, 3.05) is 5.32 Å². The van der Waals surface area contributed by atoms with E-state index >= 15 is 0 Å². The minimum Gasteiger partial charge on any atom is -0.354 e. The molecule has 0 atom stereocenters. The number of benzene rings is 3. The van der Waals surface area contributed by atoms with Gasteiger partial charge < -0.3 is 10.3 Å². The Morgan fingerprint density at radius 3 is 2.43 bits per heavy atom. The van der Waals surface area contributed by atoms with E-state index in [4.69, 9.17) is 4.98 Å². The molecule has 0 amide bonds. The van der Waals surface area contributed by atoms with Gasteiger partial charge in [0.15, 0.2) is 0 Å². The fraction of sp³-hybridized carbons (Fsp3) is 0.0435. The lowest BCUT2D eigenvalue weighted by Gasteiger charge is -2.15. The summed E-state index contributed by atoms with van der Waals surface area (Å²) in [7, 11) is 0. The van der Waals surface area contributed by atoms with Crippen molar-refractivity contribution in [3.8, 4) is 11.1 Å². The highest BCUT2D eigenvalue weighted by Crippen LogP contribution is 2.35. The molecule has 0 aliphatic heterocycles. The van der Waals surface area contributed by atoms with E-state index in [0.717, 1.165) is 44.6 Å². The molecule has 28 heavy (non-hydrogen) atoms. The number of nitrogens with zero attached hydrogens (tertiary/aromatic N) is 2. The second-order valence-corrected chi connectivity index (χ2v) is 6.60. The van der Waals surface area contributed by atoms with Crippen molar-refractivity contribution in [2.24, 2.45) is 0 Å². The molecule has 2 heterocycles. The van der Waals surface area contributed by atoms with Crippen molar-refractivity contribution in [2.45, 2.75) is 6.92 Å². The van der Waals surface area contributed by atoms with Gasteiger partial charge in [-0.3, -0.25) is 4.98 Å². The number of aryl methyl sites for hydroxylation is 1. The highest BCUT2D eigenvalue weighted by atomic mass is 35.5. The lowest BCUT2D eigenvalue weighted by atomic mass is 10.0. The zero-order chi connectivity index (χ0) is 18.2. The van der Waals surface area contributed by atoms with Gasteiger partial charge in [-0.05, 0) is 36.8 Å². The van der Waals surface area contributed by atoms with Crippen molar-refractivity contribution in [3.63, 3.8) is 0 Å². The number of para-hydroxylation sites is 1. The van der Waals surface area contributed by atoms with E-state index in [-0.39, 0.29) is 12.4 Å². The summed E-state index contributed by atoms with van der Waals surface area (Å²) in [4.78, 5) is 12.4. The molecule has 0 aliphatic rings. The normalized spacial score (nSPS) is 10.8. The van der Waals surface area contributed by atoms with Crippen LogP contribution in [0, 0.1) is 6.92 Å². The number of rotatable bonds is 3. The number of hydrogen-bond donors (Lipinski definition) is 2. The van der Waals surface area contributed by atoms with Gasteiger partial charge in [0, 0.05) is 22.3 Å². The monoisotopic (exact) mass is 386 g/mol. The van der Waals surface area contributed by atoms with Crippen LogP contribution in [-0.2, 0) is 0 Å². The van der Waals surface area contributed by atoms with Crippen molar-refractivity contribution in [3.05, 3.63) is 84.8 Å². The van der Waals surface area contributed by atoms with E-state index in [1.807, 2.05) is 25.1 Å². The maximum absolute atomic E-state index is 4.70. The molecule has 5 aromatic rings. The van der Waals surface area contributed by atoms with E-state index in [1.165, 1.54) is 5.56 Å². The molecule has 0 unspecified atom stereocenters. The largest absolute Gasteiger partial charge is 0.354 e. The third-order valence-electron chi connectivity index (χ3n) is 4.77. The summed E-state index contributed by atoms with van der Waals surface area (Å²) >= 11 is 0. The lowest BCUT2D eigenvalue weighted by molar-refractivity contribution is 1.26. The first kappa shape index (κ1) is 18.0. The summed E-state index contributed by atoms with van der Waals surface area (Å²) in [6.45, 7) is 2.02. The molecule has 0 aliphatic carbocycles. The van der Waals surface area contributed by atoms with E-state index in [0.29, 0.717) is 0 Å². The summed E-state index contributed by atoms with van der Waals surface area (Å²) < 4.78 is 0. The first-order chi connectivity index (χ1) is 13.3. The number of aromatic amines is 1. The highest BCUT2D eigenvalue weighted by molar-refractivity contribution is 6.10. The number of aromatic nitrogens is 3. The number of imidazole rings is 1. The van der Waals surface area contributed by atoms with E-state index in [9.17, 15) is 0 Å².